The highest BCUT2D eigenvalue weighted by molar-refractivity contribution is 6.10. The Labute approximate surface area is 303 Å². The summed E-state index contributed by atoms with van der Waals surface area (Å²) in [5.41, 5.74) is 10.5. The second-order valence-corrected chi connectivity index (χ2v) is 13.9. The smallest absolute Gasteiger partial charge is 0.136 e. The van der Waals surface area contributed by atoms with E-state index in [9.17, 15) is 0 Å². The summed E-state index contributed by atoms with van der Waals surface area (Å²) in [6, 6.07) is 47.4. The summed E-state index contributed by atoms with van der Waals surface area (Å²) in [7, 11) is 0. The molecule has 0 saturated carbocycles. The van der Waals surface area contributed by atoms with Crippen molar-refractivity contribution in [2.45, 2.75) is 18.8 Å². The van der Waals surface area contributed by atoms with Crippen molar-refractivity contribution < 1.29 is 9.47 Å². The first-order valence-corrected chi connectivity index (χ1v) is 18.0. The van der Waals surface area contributed by atoms with Gasteiger partial charge in [-0.15, -0.1) is 0 Å². The molecule has 2 aliphatic heterocycles. The highest BCUT2D eigenvalue weighted by Crippen LogP contribution is 2.52. The van der Waals surface area contributed by atoms with Crippen molar-refractivity contribution in [3.63, 3.8) is 0 Å². The molecule has 4 heteroatoms. The molecule has 1 atom stereocenters. The van der Waals surface area contributed by atoms with Crippen molar-refractivity contribution in [3.8, 4) is 45.2 Å². The van der Waals surface area contributed by atoms with Crippen LogP contribution in [0.4, 0.5) is 0 Å². The minimum Gasteiger partial charge on any atom is -0.460 e. The van der Waals surface area contributed by atoms with Crippen LogP contribution >= 0.6 is 0 Å². The van der Waals surface area contributed by atoms with Gasteiger partial charge in [-0.25, -0.2) is 0 Å². The van der Waals surface area contributed by atoms with Crippen molar-refractivity contribution in [2.75, 3.05) is 6.54 Å². The van der Waals surface area contributed by atoms with Crippen LogP contribution in [0.5, 0.6) is 17.2 Å². The zero-order chi connectivity index (χ0) is 34.6. The zero-order valence-electron chi connectivity index (χ0n) is 28.8. The van der Waals surface area contributed by atoms with Crippen LogP contribution in [0, 0.1) is 0 Å². The SMILES string of the molecule is CC12CC=CC=C1Oc1ccccc1-c1ccc(C3=CC=CCN3)cc1Oc1cccc(-c3ccc4c(c3)c3ccccc3n4-c3ccccc3)c12. The van der Waals surface area contributed by atoms with Gasteiger partial charge in [0.2, 0.25) is 0 Å². The van der Waals surface area contributed by atoms with E-state index in [0.717, 1.165) is 80.7 Å². The summed E-state index contributed by atoms with van der Waals surface area (Å²) in [5.74, 6) is 3.31. The lowest BCUT2D eigenvalue weighted by Crippen LogP contribution is -2.30. The second-order valence-electron chi connectivity index (χ2n) is 13.9. The number of nitrogens with zero attached hydrogens (tertiary/aromatic N) is 1. The molecule has 0 amide bonds. The third-order valence-electron chi connectivity index (χ3n) is 10.7. The zero-order valence-corrected chi connectivity index (χ0v) is 28.8. The fourth-order valence-electron chi connectivity index (χ4n) is 8.21. The molecule has 6 aromatic carbocycles. The molecule has 52 heavy (non-hydrogen) atoms. The highest BCUT2D eigenvalue weighted by atomic mass is 16.5. The van der Waals surface area contributed by atoms with Gasteiger partial charge in [-0.05, 0) is 91.2 Å². The summed E-state index contributed by atoms with van der Waals surface area (Å²) < 4.78 is 16.6. The fourth-order valence-corrected chi connectivity index (χ4v) is 8.21. The molecular formula is C48H36N2O2. The van der Waals surface area contributed by atoms with Crippen LogP contribution in [0.25, 0.3) is 55.4 Å². The normalized spacial score (nSPS) is 17.4. The van der Waals surface area contributed by atoms with E-state index in [1.165, 1.54) is 21.8 Å². The number of hydrogen-bond acceptors (Lipinski definition) is 3. The van der Waals surface area contributed by atoms with Crippen molar-refractivity contribution in [2.24, 2.45) is 0 Å². The molecule has 4 nitrogen and oxygen atoms in total. The molecule has 0 radical (unpaired) electrons. The lowest BCUT2D eigenvalue weighted by molar-refractivity contribution is 0.315. The van der Waals surface area contributed by atoms with Gasteiger partial charge in [0.15, 0.2) is 0 Å². The molecule has 10 rings (SSSR count). The fraction of sp³-hybridized carbons (Fsp3) is 0.0833. The quantitative estimate of drug-likeness (QED) is 0.203. The molecule has 0 bridgehead atoms. The first kappa shape index (κ1) is 30.3. The summed E-state index contributed by atoms with van der Waals surface area (Å²) in [6.45, 7) is 3.08. The molecule has 1 aliphatic carbocycles. The van der Waals surface area contributed by atoms with Crippen LogP contribution in [-0.4, -0.2) is 11.1 Å². The van der Waals surface area contributed by atoms with E-state index in [2.05, 4.69) is 181 Å². The van der Waals surface area contributed by atoms with Crippen molar-refractivity contribution in [1.82, 2.24) is 9.88 Å². The molecule has 250 valence electrons. The molecule has 0 fully saturated rings. The number of dihydropyridines is 1. The Balaban J connectivity index is 1.22. The van der Waals surface area contributed by atoms with Crippen LogP contribution in [0.15, 0.2) is 176 Å². The predicted molar refractivity (Wildman–Crippen MR) is 213 cm³/mol. The first-order valence-electron chi connectivity index (χ1n) is 18.0. The highest BCUT2D eigenvalue weighted by Gasteiger charge is 2.40. The van der Waals surface area contributed by atoms with E-state index in [0.29, 0.717) is 0 Å². The Morgan fingerprint density at radius 3 is 2.23 bits per heavy atom. The Hall–Kier alpha value is -6.52. The molecule has 3 heterocycles. The lowest BCUT2D eigenvalue weighted by atomic mass is 9.72. The molecule has 0 spiro atoms. The van der Waals surface area contributed by atoms with Gasteiger partial charge in [0.05, 0.1) is 16.4 Å². The van der Waals surface area contributed by atoms with E-state index in [1.807, 2.05) is 6.07 Å². The van der Waals surface area contributed by atoms with Crippen LogP contribution in [0.2, 0.25) is 0 Å². The van der Waals surface area contributed by atoms with Crippen LogP contribution in [0.1, 0.15) is 24.5 Å². The van der Waals surface area contributed by atoms with E-state index in [1.54, 1.807) is 0 Å². The van der Waals surface area contributed by atoms with E-state index < -0.39 is 5.41 Å². The molecule has 1 unspecified atom stereocenters. The maximum atomic E-state index is 7.22. The first-order chi connectivity index (χ1) is 25.7. The molecule has 7 aromatic rings. The van der Waals surface area contributed by atoms with Crippen molar-refractivity contribution in [1.29, 1.82) is 0 Å². The van der Waals surface area contributed by atoms with E-state index >= 15 is 0 Å². The number of rotatable bonds is 3. The summed E-state index contributed by atoms with van der Waals surface area (Å²) >= 11 is 0. The van der Waals surface area contributed by atoms with Gasteiger partial charge in [0.1, 0.15) is 23.0 Å². The molecule has 0 saturated heterocycles. The minimum atomic E-state index is -0.520. The number of aromatic nitrogens is 1. The molecular weight excluding hydrogens is 637 g/mol. The van der Waals surface area contributed by atoms with Gasteiger partial charge in [0.25, 0.3) is 0 Å². The van der Waals surface area contributed by atoms with Gasteiger partial charge in [0, 0.05) is 51.0 Å². The number of allylic oxidation sites excluding steroid dienone is 6. The number of fused-ring (bicyclic) bond motifs is 9. The Morgan fingerprint density at radius 1 is 0.577 bits per heavy atom. The lowest BCUT2D eigenvalue weighted by Gasteiger charge is -2.37. The van der Waals surface area contributed by atoms with Crippen molar-refractivity contribution >= 4 is 27.5 Å². The average Bonchev–Trinajstić information content (AvgIpc) is 3.53. The largest absolute Gasteiger partial charge is 0.460 e. The van der Waals surface area contributed by atoms with Crippen LogP contribution < -0.4 is 14.8 Å². The number of para-hydroxylation sites is 3. The maximum absolute atomic E-state index is 7.22. The Bertz CT molecular complexity index is 2680. The number of hydrogen-bond donors (Lipinski definition) is 1. The third-order valence-corrected chi connectivity index (χ3v) is 10.7. The number of benzene rings is 6. The van der Waals surface area contributed by atoms with E-state index in [4.69, 9.17) is 9.47 Å². The van der Waals surface area contributed by atoms with Crippen LogP contribution in [-0.2, 0) is 5.41 Å². The van der Waals surface area contributed by atoms with Gasteiger partial charge < -0.3 is 19.4 Å². The number of ether oxygens (including phenoxy) is 2. The van der Waals surface area contributed by atoms with Gasteiger partial charge in [-0.1, -0.05) is 103 Å². The number of nitrogens with one attached hydrogen (secondary N) is 1. The molecule has 1 N–H and O–H groups in total. The molecule has 3 aliphatic rings. The van der Waals surface area contributed by atoms with Gasteiger partial charge in [-0.3, -0.25) is 0 Å². The topological polar surface area (TPSA) is 35.4 Å². The predicted octanol–water partition coefficient (Wildman–Crippen LogP) is 11.9. The Kier molecular flexibility index (Phi) is 7.03. The third kappa shape index (κ3) is 4.83. The summed E-state index contributed by atoms with van der Waals surface area (Å²) in [6.07, 6.45) is 13.6. The monoisotopic (exact) mass is 672 g/mol. The summed E-state index contributed by atoms with van der Waals surface area (Å²) in [4.78, 5) is 0. The Morgan fingerprint density at radius 2 is 1.33 bits per heavy atom. The van der Waals surface area contributed by atoms with E-state index in [-0.39, 0.29) is 0 Å². The molecule has 1 aromatic heterocycles. The second kappa shape index (κ2) is 12.1. The summed E-state index contributed by atoms with van der Waals surface area (Å²) in [5, 5.41) is 5.95. The van der Waals surface area contributed by atoms with Gasteiger partial charge in [-0.2, -0.15) is 0 Å². The standard InChI is InChI=1S/C48H36N2O2/c1-48-28-11-9-23-46(48)52-43-21-8-6-17-37(43)38-26-24-33(40-19-10-12-29-49-40)31-45(38)51-44-22-13-18-35(47(44)48)32-25-27-42-39(30-32)36-16-5-7-20-41(36)50(42)34-14-3-2-4-15-34/h2-27,30-31,49H,28-29H2,1H3. The van der Waals surface area contributed by atoms with Crippen LogP contribution in [0.3, 0.4) is 0 Å². The average molecular weight is 673 g/mol. The maximum Gasteiger partial charge on any atom is 0.136 e. The van der Waals surface area contributed by atoms with Gasteiger partial charge >= 0.3 is 0 Å². The van der Waals surface area contributed by atoms with Crippen molar-refractivity contribution in [3.05, 3.63) is 187 Å². The minimum absolute atomic E-state index is 0.520.